The first kappa shape index (κ1) is 16.0. The topological polar surface area (TPSA) is 113 Å². The van der Waals surface area contributed by atoms with Gasteiger partial charge in [0.15, 0.2) is 0 Å². The summed E-state index contributed by atoms with van der Waals surface area (Å²) in [6, 6.07) is 12.8. The number of rotatable bonds is 2. The average molecular weight is 296 g/mol. The van der Waals surface area contributed by atoms with Crippen LogP contribution in [0.3, 0.4) is 0 Å². The van der Waals surface area contributed by atoms with Gasteiger partial charge in [-0.2, -0.15) is 8.42 Å². The van der Waals surface area contributed by atoms with Crippen LogP contribution in [0.15, 0.2) is 53.4 Å². The summed E-state index contributed by atoms with van der Waals surface area (Å²) in [5, 5.41) is 8.97. The molecule has 0 fully saturated rings. The largest absolute Gasteiger partial charge is 0.506 e. The maximum Gasteiger partial charge on any atom is 0.294 e. The van der Waals surface area contributed by atoms with Gasteiger partial charge in [-0.1, -0.05) is 29.8 Å². The van der Waals surface area contributed by atoms with Gasteiger partial charge in [0, 0.05) is 0 Å². The van der Waals surface area contributed by atoms with Crippen LogP contribution in [-0.4, -0.2) is 18.1 Å². The van der Waals surface area contributed by atoms with E-state index < -0.39 is 10.1 Å². The van der Waals surface area contributed by atoms with Crippen molar-refractivity contribution in [3.05, 3.63) is 54.1 Å². The number of benzene rings is 2. The summed E-state index contributed by atoms with van der Waals surface area (Å²) >= 11 is 0. The Morgan fingerprint density at radius 3 is 2.00 bits per heavy atom. The van der Waals surface area contributed by atoms with Crippen LogP contribution in [0.5, 0.6) is 5.75 Å². The highest BCUT2D eigenvalue weighted by Gasteiger charge is 2.06. The summed E-state index contributed by atoms with van der Waals surface area (Å²) in [6.45, 7) is 1.84. The highest BCUT2D eigenvalue weighted by Crippen LogP contribution is 2.19. The maximum absolute atomic E-state index is 10.5. The molecule has 0 heterocycles. The number of phenolic OH excluding ortho intramolecular Hbond substituents is 1. The van der Waals surface area contributed by atoms with Gasteiger partial charge in [0.1, 0.15) is 5.75 Å². The highest BCUT2D eigenvalue weighted by atomic mass is 32.2. The fourth-order valence-corrected chi connectivity index (χ4v) is 1.79. The number of hydrogen-bond donors (Lipinski definition) is 4. The summed E-state index contributed by atoms with van der Waals surface area (Å²) in [5.74, 6) is 5.21. The third-order valence-electron chi connectivity index (χ3n) is 2.38. The molecule has 0 aliphatic heterocycles. The first-order chi connectivity index (χ1) is 9.34. The predicted octanol–water partition coefficient (Wildman–Crippen LogP) is 1.92. The lowest BCUT2D eigenvalue weighted by molar-refractivity contribution is 0.477. The van der Waals surface area contributed by atoms with E-state index >= 15 is 0 Å². The van der Waals surface area contributed by atoms with E-state index in [0.29, 0.717) is 5.69 Å². The lowest BCUT2D eigenvalue weighted by Crippen LogP contribution is -2.06. The number of para-hydroxylation sites is 2. The van der Waals surface area contributed by atoms with Crippen LogP contribution in [0.2, 0.25) is 0 Å². The van der Waals surface area contributed by atoms with Gasteiger partial charge in [-0.25, -0.2) is 0 Å². The molecule has 6 nitrogen and oxygen atoms in total. The number of hydrazine groups is 1. The standard InChI is InChI=1S/C7H8O3S.C6H8N2O/c1-6-2-4-7(5-3-6)11(8,9)10;7-8-5-3-1-2-4-6(5)9/h2-5H,1H3,(H,8,9,10);1-4,8-9H,7H2. The molecule has 5 N–H and O–H groups in total. The second-order valence-corrected chi connectivity index (χ2v) is 5.37. The quantitative estimate of drug-likeness (QED) is 0.291. The summed E-state index contributed by atoms with van der Waals surface area (Å²) in [4.78, 5) is -0.0666. The molecule has 0 unspecified atom stereocenters. The van der Waals surface area contributed by atoms with Gasteiger partial charge in [-0.05, 0) is 31.2 Å². The van der Waals surface area contributed by atoms with Crippen LogP contribution >= 0.6 is 0 Å². The molecule has 108 valence electrons. The Morgan fingerprint density at radius 2 is 1.60 bits per heavy atom. The van der Waals surface area contributed by atoms with E-state index in [1.807, 2.05) is 6.92 Å². The van der Waals surface area contributed by atoms with E-state index in [1.165, 1.54) is 12.1 Å². The molecule has 0 aromatic heterocycles. The third kappa shape index (κ3) is 4.88. The van der Waals surface area contributed by atoms with Crippen molar-refractivity contribution in [1.82, 2.24) is 0 Å². The first-order valence-corrected chi connectivity index (χ1v) is 7.07. The van der Waals surface area contributed by atoms with E-state index in [0.717, 1.165) is 5.56 Å². The van der Waals surface area contributed by atoms with E-state index in [2.05, 4.69) is 5.43 Å². The van der Waals surface area contributed by atoms with Crippen LogP contribution in [0.25, 0.3) is 0 Å². The SMILES string of the molecule is Cc1ccc(S(=O)(=O)O)cc1.NNc1ccccc1O. The number of nitrogen functional groups attached to an aromatic ring is 1. The molecular weight excluding hydrogens is 280 g/mol. The summed E-state index contributed by atoms with van der Waals surface area (Å²) < 4.78 is 29.6. The van der Waals surface area contributed by atoms with Gasteiger partial charge in [-0.3, -0.25) is 10.4 Å². The zero-order chi connectivity index (χ0) is 15.2. The number of phenols is 1. The number of nitrogens with two attached hydrogens (primary N) is 1. The lowest BCUT2D eigenvalue weighted by atomic mass is 10.2. The number of aryl methyl sites for hydroxylation is 1. The van der Waals surface area contributed by atoms with Crippen LogP contribution in [0.4, 0.5) is 5.69 Å². The van der Waals surface area contributed by atoms with Gasteiger partial charge in [-0.15, -0.1) is 0 Å². The Morgan fingerprint density at radius 1 is 1.05 bits per heavy atom. The van der Waals surface area contributed by atoms with Crippen molar-refractivity contribution < 1.29 is 18.1 Å². The molecular formula is C13H16N2O4S. The third-order valence-corrected chi connectivity index (χ3v) is 3.25. The van der Waals surface area contributed by atoms with Crippen molar-refractivity contribution in [2.45, 2.75) is 11.8 Å². The van der Waals surface area contributed by atoms with E-state index in [-0.39, 0.29) is 10.6 Å². The van der Waals surface area contributed by atoms with Crippen molar-refractivity contribution in [2.24, 2.45) is 5.84 Å². The Hall–Kier alpha value is -2.09. The van der Waals surface area contributed by atoms with Crippen LogP contribution in [0.1, 0.15) is 5.56 Å². The number of anilines is 1. The van der Waals surface area contributed by atoms with Gasteiger partial charge < -0.3 is 10.5 Å². The molecule has 7 heteroatoms. The molecule has 20 heavy (non-hydrogen) atoms. The molecule has 0 radical (unpaired) electrons. The Kier molecular flexibility index (Phi) is 5.51. The van der Waals surface area contributed by atoms with Crippen molar-refractivity contribution in [3.63, 3.8) is 0 Å². The summed E-state index contributed by atoms with van der Waals surface area (Å²) in [5.41, 5.74) is 3.84. The average Bonchev–Trinajstić information content (AvgIpc) is 2.39. The molecule has 0 amide bonds. The molecule has 2 rings (SSSR count). The Balaban J connectivity index is 0.000000204. The highest BCUT2D eigenvalue weighted by molar-refractivity contribution is 7.85. The fraction of sp³-hybridized carbons (Fsp3) is 0.0769. The summed E-state index contributed by atoms with van der Waals surface area (Å²) in [6.07, 6.45) is 0. The van der Waals surface area contributed by atoms with Crippen molar-refractivity contribution >= 4 is 15.8 Å². The molecule has 0 saturated heterocycles. The van der Waals surface area contributed by atoms with E-state index in [1.54, 1.807) is 36.4 Å². The van der Waals surface area contributed by atoms with Crippen LogP contribution in [-0.2, 0) is 10.1 Å². The zero-order valence-electron chi connectivity index (χ0n) is 10.8. The zero-order valence-corrected chi connectivity index (χ0v) is 11.6. The normalized spacial score (nSPS) is 10.3. The van der Waals surface area contributed by atoms with Gasteiger partial charge in [0.05, 0.1) is 10.6 Å². The monoisotopic (exact) mass is 296 g/mol. The molecule has 0 aliphatic carbocycles. The molecule has 0 saturated carbocycles. The Labute approximate surface area is 117 Å². The molecule has 0 aliphatic rings. The minimum atomic E-state index is -4.02. The second-order valence-electron chi connectivity index (χ2n) is 3.95. The van der Waals surface area contributed by atoms with Gasteiger partial charge >= 0.3 is 0 Å². The van der Waals surface area contributed by atoms with E-state index in [9.17, 15) is 8.42 Å². The number of nitrogens with one attached hydrogen (secondary N) is 1. The first-order valence-electron chi connectivity index (χ1n) is 5.63. The summed E-state index contributed by atoms with van der Waals surface area (Å²) in [7, 11) is -4.02. The minimum absolute atomic E-state index is 0.0666. The smallest absolute Gasteiger partial charge is 0.294 e. The van der Waals surface area contributed by atoms with Crippen LogP contribution in [0, 0.1) is 6.92 Å². The molecule has 2 aromatic rings. The number of aromatic hydroxyl groups is 1. The van der Waals surface area contributed by atoms with Gasteiger partial charge in [0.25, 0.3) is 10.1 Å². The number of hydrogen-bond acceptors (Lipinski definition) is 5. The second kappa shape index (κ2) is 6.90. The Bertz CT molecular complexity index is 654. The molecule has 0 atom stereocenters. The fourth-order valence-electron chi connectivity index (χ4n) is 1.31. The van der Waals surface area contributed by atoms with E-state index in [4.69, 9.17) is 15.5 Å². The lowest BCUT2D eigenvalue weighted by Gasteiger charge is -1.99. The van der Waals surface area contributed by atoms with Crippen molar-refractivity contribution in [2.75, 3.05) is 5.43 Å². The van der Waals surface area contributed by atoms with Gasteiger partial charge in [0.2, 0.25) is 0 Å². The predicted molar refractivity (Wildman–Crippen MR) is 76.9 cm³/mol. The van der Waals surface area contributed by atoms with Crippen molar-refractivity contribution in [1.29, 1.82) is 0 Å². The molecule has 0 bridgehead atoms. The molecule has 0 spiro atoms. The van der Waals surface area contributed by atoms with Crippen molar-refractivity contribution in [3.8, 4) is 5.75 Å². The minimum Gasteiger partial charge on any atom is -0.506 e. The maximum atomic E-state index is 10.5. The molecule has 2 aromatic carbocycles. The van der Waals surface area contributed by atoms with Crippen LogP contribution < -0.4 is 11.3 Å².